The standard InChI is InChI=1S/C19H14O5/c20-17(15(18(21)22)11-13-7-3-1-4-8-13)16(19(23)24)12-14-9-5-2-6-10-14/h1-12H,(H,21,22)(H,23,24)/b15-11-,16-12+. The van der Waals surface area contributed by atoms with Gasteiger partial charge < -0.3 is 10.2 Å². The number of benzene rings is 2. The Morgan fingerprint density at radius 3 is 1.25 bits per heavy atom. The highest BCUT2D eigenvalue weighted by Gasteiger charge is 2.25. The number of rotatable bonds is 6. The lowest BCUT2D eigenvalue weighted by molar-refractivity contribution is -0.135. The van der Waals surface area contributed by atoms with Gasteiger partial charge in [0.15, 0.2) is 0 Å². The van der Waals surface area contributed by atoms with Crippen molar-refractivity contribution in [2.75, 3.05) is 0 Å². The van der Waals surface area contributed by atoms with E-state index in [1.807, 2.05) is 0 Å². The maximum Gasteiger partial charge on any atom is 0.339 e. The lowest BCUT2D eigenvalue weighted by atomic mass is 9.99. The Hall–Kier alpha value is -3.47. The average Bonchev–Trinajstić information content (AvgIpc) is 2.58. The number of Topliss-reactive ketones (excluding diaryl/α,β-unsaturated/α-hetero) is 1. The molecular formula is C19H14O5. The predicted octanol–water partition coefficient (Wildman–Crippen LogP) is 2.89. The van der Waals surface area contributed by atoms with Gasteiger partial charge in [0.05, 0.1) is 0 Å². The van der Waals surface area contributed by atoms with E-state index in [2.05, 4.69) is 0 Å². The number of carbonyl (C=O) groups is 3. The third-order valence-corrected chi connectivity index (χ3v) is 3.17. The van der Waals surface area contributed by atoms with Gasteiger partial charge in [0.25, 0.3) is 0 Å². The van der Waals surface area contributed by atoms with Crippen molar-refractivity contribution in [3.8, 4) is 0 Å². The molecular weight excluding hydrogens is 308 g/mol. The Labute approximate surface area is 138 Å². The second kappa shape index (κ2) is 7.69. The molecule has 2 aromatic rings. The Balaban J connectivity index is 2.47. The van der Waals surface area contributed by atoms with Gasteiger partial charge in [-0.05, 0) is 23.3 Å². The molecule has 0 atom stereocenters. The maximum atomic E-state index is 12.4. The van der Waals surface area contributed by atoms with Crippen molar-refractivity contribution in [1.29, 1.82) is 0 Å². The minimum Gasteiger partial charge on any atom is -0.478 e. The van der Waals surface area contributed by atoms with Crippen LogP contribution in [0.2, 0.25) is 0 Å². The highest BCUT2D eigenvalue weighted by atomic mass is 16.4. The zero-order chi connectivity index (χ0) is 17.5. The normalized spacial score (nSPS) is 11.8. The van der Waals surface area contributed by atoms with Gasteiger partial charge in [-0.3, -0.25) is 4.79 Å². The largest absolute Gasteiger partial charge is 0.478 e. The molecule has 0 radical (unpaired) electrons. The lowest BCUT2D eigenvalue weighted by Crippen LogP contribution is -2.19. The smallest absolute Gasteiger partial charge is 0.339 e. The molecule has 0 bridgehead atoms. The van der Waals surface area contributed by atoms with Gasteiger partial charge in [-0.25, -0.2) is 9.59 Å². The summed E-state index contributed by atoms with van der Waals surface area (Å²) in [5, 5.41) is 18.6. The van der Waals surface area contributed by atoms with Crippen molar-refractivity contribution in [1.82, 2.24) is 0 Å². The quantitative estimate of drug-likeness (QED) is 0.485. The number of hydrogen-bond donors (Lipinski definition) is 2. The van der Waals surface area contributed by atoms with Crippen molar-refractivity contribution >= 4 is 29.9 Å². The molecule has 0 saturated heterocycles. The Morgan fingerprint density at radius 1 is 0.625 bits per heavy atom. The molecule has 5 nitrogen and oxygen atoms in total. The monoisotopic (exact) mass is 322 g/mol. The van der Waals surface area contributed by atoms with E-state index in [9.17, 15) is 24.6 Å². The Bertz CT molecular complexity index is 748. The van der Waals surface area contributed by atoms with Crippen molar-refractivity contribution in [2.45, 2.75) is 0 Å². The molecule has 0 unspecified atom stereocenters. The van der Waals surface area contributed by atoms with E-state index in [4.69, 9.17) is 0 Å². The van der Waals surface area contributed by atoms with E-state index in [1.165, 1.54) is 0 Å². The van der Waals surface area contributed by atoms with Crippen molar-refractivity contribution in [3.63, 3.8) is 0 Å². The van der Waals surface area contributed by atoms with Crippen LogP contribution in [-0.2, 0) is 14.4 Å². The van der Waals surface area contributed by atoms with Crippen LogP contribution in [-0.4, -0.2) is 27.9 Å². The van der Waals surface area contributed by atoms with Crippen molar-refractivity contribution in [2.24, 2.45) is 0 Å². The van der Waals surface area contributed by atoms with Crippen LogP contribution in [0.4, 0.5) is 0 Å². The van der Waals surface area contributed by atoms with Crippen LogP contribution in [0.15, 0.2) is 71.8 Å². The number of aliphatic carboxylic acids is 2. The number of hydrogen-bond acceptors (Lipinski definition) is 3. The summed E-state index contributed by atoms with van der Waals surface area (Å²) in [6.45, 7) is 0. The average molecular weight is 322 g/mol. The minimum atomic E-state index is -1.48. The first-order chi connectivity index (χ1) is 11.5. The van der Waals surface area contributed by atoms with Crippen LogP contribution in [0.25, 0.3) is 12.2 Å². The molecule has 0 spiro atoms. The summed E-state index contributed by atoms with van der Waals surface area (Å²) in [7, 11) is 0. The highest BCUT2D eigenvalue weighted by Crippen LogP contribution is 2.15. The summed E-state index contributed by atoms with van der Waals surface area (Å²) in [5.41, 5.74) is -0.225. The zero-order valence-electron chi connectivity index (χ0n) is 12.5. The van der Waals surface area contributed by atoms with Crippen LogP contribution in [0.1, 0.15) is 11.1 Å². The predicted molar refractivity (Wildman–Crippen MR) is 89.1 cm³/mol. The maximum absolute atomic E-state index is 12.4. The molecule has 0 amide bonds. The molecule has 0 aliphatic rings. The molecule has 120 valence electrons. The molecule has 0 saturated carbocycles. The molecule has 0 heterocycles. The topological polar surface area (TPSA) is 91.7 Å². The molecule has 2 N–H and O–H groups in total. The van der Waals surface area contributed by atoms with Gasteiger partial charge in [0, 0.05) is 0 Å². The first kappa shape index (κ1) is 16.9. The van der Waals surface area contributed by atoms with Crippen LogP contribution in [0, 0.1) is 0 Å². The van der Waals surface area contributed by atoms with Crippen LogP contribution >= 0.6 is 0 Å². The van der Waals surface area contributed by atoms with E-state index in [0.717, 1.165) is 12.2 Å². The molecule has 0 aliphatic carbocycles. The fourth-order valence-corrected chi connectivity index (χ4v) is 2.03. The van der Waals surface area contributed by atoms with E-state index >= 15 is 0 Å². The summed E-state index contributed by atoms with van der Waals surface area (Å²) in [6, 6.07) is 16.7. The fourth-order valence-electron chi connectivity index (χ4n) is 2.03. The van der Waals surface area contributed by atoms with Crippen LogP contribution in [0.3, 0.4) is 0 Å². The second-order valence-corrected chi connectivity index (χ2v) is 4.88. The van der Waals surface area contributed by atoms with Crippen LogP contribution in [0.5, 0.6) is 0 Å². The number of ketones is 1. The highest BCUT2D eigenvalue weighted by molar-refractivity contribution is 6.35. The third-order valence-electron chi connectivity index (χ3n) is 3.17. The summed E-state index contributed by atoms with van der Waals surface area (Å²) in [6.07, 6.45) is 2.32. The number of carbonyl (C=O) groups excluding carboxylic acids is 1. The Morgan fingerprint density at radius 2 is 0.958 bits per heavy atom. The van der Waals surface area contributed by atoms with E-state index in [-0.39, 0.29) is 0 Å². The van der Waals surface area contributed by atoms with E-state index in [1.54, 1.807) is 60.7 Å². The molecule has 0 fully saturated rings. The minimum absolute atomic E-state index is 0.493. The molecule has 5 heteroatoms. The van der Waals surface area contributed by atoms with Gasteiger partial charge in [-0.15, -0.1) is 0 Å². The summed E-state index contributed by atoms with van der Waals surface area (Å²) < 4.78 is 0. The van der Waals surface area contributed by atoms with Gasteiger partial charge >= 0.3 is 11.9 Å². The summed E-state index contributed by atoms with van der Waals surface area (Å²) in [4.78, 5) is 35.3. The van der Waals surface area contributed by atoms with Crippen molar-refractivity contribution < 1.29 is 24.6 Å². The second-order valence-electron chi connectivity index (χ2n) is 4.88. The number of carboxylic acids is 2. The summed E-state index contributed by atoms with van der Waals surface area (Å²) >= 11 is 0. The number of carboxylic acid groups (broad SMARTS) is 2. The first-order valence-corrected chi connectivity index (χ1v) is 7.04. The molecule has 0 aromatic heterocycles. The molecule has 0 aliphatic heterocycles. The van der Waals surface area contributed by atoms with Crippen molar-refractivity contribution in [3.05, 3.63) is 82.9 Å². The summed E-state index contributed by atoms with van der Waals surface area (Å²) in [5.74, 6) is -4.02. The van der Waals surface area contributed by atoms with Gasteiger partial charge in [-0.2, -0.15) is 0 Å². The third kappa shape index (κ3) is 4.27. The molecule has 2 rings (SSSR count). The Kier molecular flexibility index (Phi) is 5.41. The van der Waals surface area contributed by atoms with E-state index < -0.39 is 28.9 Å². The van der Waals surface area contributed by atoms with E-state index in [0.29, 0.717) is 11.1 Å². The van der Waals surface area contributed by atoms with Gasteiger partial charge in [0.1, 0.15) is 11.1 Å². The molecule has 2 aromatic carbocycles. The fraction of sp³-hybridized carbons (Fsp3) is 0. The zero-order valence-corrected chi connectivity index (χ0v) is 12.5. The first-order valence-electron chi connectivity index (χ1n) is 7.04. The van der Waals surface area contributed by atoms with Crippen LogP contribution < -0.4 is 0 Å². The van der Waals surface area contributed by atoms with Gasteiger partial charge in [0.2, 0.25) is 5.78 Å². The lowest BCUT2D eigenvalue weighted by Gasteiger charge is -2.04. The van der Waals surface area contributed by atoms with Gasteiger partial charge in [-0.1, -0.05) is 60.7 Å². The SMILES string of the molecule is O=C(O)/C(=C\c1ccccc1)C(=O)/C(=C\c1ccccc1)C(=O)O. The molecule has 24 heavy (non-hydrogen) atoms.